The Bertz CT molecular complexity index is 1170. The maximum absolute atomic E-state index is 12.7. The van der Waals surface area contributed by atoms with Gasteiger partial charge in [-0.05, 0) is 42.8 Å². The van der Waals surface area contributed by atoms with Crippen molar-refractivity contribution in [1.82, 2.24) is 14.9 Å². The number of fused-ring (bicyclic) bond motifs is 1. The molecule has 2 aromatic carbocycles. The minimum Gasteiger partial charge on any atom is -0.454 e. The Kier molecular flexibility index (Phi) is 5.42. The van der Waals surface area contributed by atoms with Crippen molar-refractivity contribution in [2.75, 3.05) is 30.5 Å². The summed E-state index contributed by atoms with van der Waals surface area (Å²) in [5.74, 6) is 1.88. The van der Waals surface area contributed by atoms with E-state index in [1.54, 1.807) is 47.5 Å². The number of ether oxygens (including phenoxy) is 2. The molecular weight excluding hydrogens is 434 g/mol. The number of aromatic nitrogens is 2. The van der Waals surface area contributed by atoms with Crippen LogP contribution in [0.2, 0.25) is 5.02 Å². The second-order valence-electron chi connectivity index (χ2n) is 7.45. The van der Waals surface area contributed by atoms with Gasteiger partial charge in [-0.15, -0.1) is 0 Å². The number of hydrogen-bond donors (Lipinski definition) is 3. The highest BCUT2D eigenvalue weighted by molar-refractivity contribution is 6.33. The van der Waals surface area contributed by atoms with Crippen LogP contribution >= 0.6 is 11.6 Å². The number of hydrogen-bond acceptors (Lipinski definition) is 8. The van der Waals surface area contributed by atoms with Gasteiger partial charge in [0.1, 0.15) is 11.5 Å². The number of aliphatic hydroxyl groups excluding tert-OH is 1. The van der Waals surface area contributed by atoms with E-state index in [2.05, 4.69) is 20.6 Å². The Morgan fingerprint density at radius 1 is 1.19 bits per heavy atom. The van der Waals surface area contributed by atoms with E-state index in [0.717, 1.165) is 0 Å². The van der Waals surface area contributed by atoms with Crippen LogP contribution in [0.5, 0.6) is 11.5 Å². The largest absolute Gasteiger partial charge is 0.454 e. The van der Waals surface area contributed by atoms with Crippen LogP contribution < -0.4 is 20.1 Å². The molecule has 0 radical (unpaired) electrons. The van der Waals surface area contributed by atoms with Crippen LogP contribution in [-0.2, 0) is 0 Å². The molecule has 0 aliphatic carbocycles. The fourth-order valence-corrected chi connectivity index (χ4v) is 3.85. The molecule has 5 rings (SSSR count). The van der Waals surface area contributed by atoms with Crippen molar-refractivity contribution in [3.63, 3.8) is 0 Å². The van der Waals surface area contributed by atoms with E-state index in [4.69, 9.17) is 21.1 Å². The van der Waals surface area contributed by atoms with E-state index >= 15 is 0 Å². The molecule has 3 aromatic rings. The number of benzene rings is 2. The first-order valence-electron chi connectivity index (χ1n) is 10.1. The van der Waals surface area contributed by atoms with E-state index in [0.29, 0.717) is 64.7 Å². The Morgan fingerprint density at radius 2 is 2.09 bits per heavy atom. The van der Waals surface area contributed by atoms with E-state index < -0.39 is 6.10 Å². The first-order valence-corrected chi connectivity index (χ1v) is 10.5. The molecule has 3 N–H and O–H groups in total. The van der Waals surface area contributed by atoms with Gasteiger partial charge < -0.3 is 30.1 Å². The smallest absolute Gasteiger partial charge is 0.254 e. The highest BCUT2D eigenvalue weighted by atomic mass is 35.5. The van der Waals surface area contributed by atoms with Gasteiger partial charge in [-0.2, -0.15) is 4.98 Å². The van der Waals surface area contributed by atoms with E-state index in [9.17, 15) is 9.90 Å². The third-order valence-corrected chi connectivity index (χ3v) is 5.53. The van der Waals surface area contributed by atoms with E-state index in [1.807, 2.05) is 6.07 Å². The van der Waals surface area contributed by atoms with Gasteiger partial charge in [0, 0.05) is 30.5 Å². The highest BCUT2D eigenvalue weighted by Gasteiger charge is 2.25. The first-order chi connectivity index (χ1) is 15.6. The predicted molar refractivity (Wildman–Crippen MR) is 119 cm³/mol. The van der Waals surface area contributed by atoms with Gasteiger partial charge in [0.25, 0.3) is 5.91 Å². The summed E-state index contributed by atoms with van der Waals surface area (Å²) in [4.78, 5) is 23.1. The van der Waals surface area contributed by atoms with Crippen LogP contribution in [-0.4, -0.2) is 51.9 Å². The van der Waals surface area contributed by atoms with Gasteiger partial charge in [-0.1, -0.05) is 17.7 Å². The molecule has 1 aromatic heterocycles. The Balaban J connectivity index is 1.33. The molecule has 1 saturated heterocycles. The topological polar surface area (TPSA) is 109 Å². The Hall–Kier alpha value is -3.56. The fourth-order valence-electron chi connectivity index (χ4n) is 3.65. The number of carbonyl (C=O) groups is 1. The number of anilines is 4. The number of carbonyl (C=O) groups excluding carboxylic acids is 1. The lowest BCUT2D eigenvalue weighted by atomic mass is 10.2. The summed E-state index contributed by atoms with van der Waals surface area (Å²) in [7, 11) is 0. The van der Waals surface area contributed by atoms with E-state index in [-0.39, 0.29) is 12.7 Å². The van der Waals surface area contributed by atoms with Crippen LogP contribution in [0.4, 0.5) is 23.1 Å². The molecule has 2 aliphatic heterocycles. The highest BCUT2D eigenvalue weighted by Crippen LogP contribution is 2.44. The number of nitrogens with zero attached hydrogens (tertiary/aromatic N) is 3. The lowest BCUT2D eigenvalue weighted by molar-refractivity contribution is 0.0765. The molecule has 32 heavy (non-hydrogen) atoms. The van der Waals surface area contributed by atoms with Crippen molar-refractivity contribution >= 4 is 40.6 Å². The molecule has 1 amide bonds. The van der Waals surface area contributed by atoms with Crippen molar-refractivity contribution in [3.8, 4) is 11.5 Å². The summed E-state index contributed by atoms with van der Waals surface area (Å²) in [6.45, 7) is 1.04. The number of β-amino-alcohol motifs (C(OH)–C–C–N with tert-alkyl or cyclic N) is 1. The molecule has 10 heteroatoms. The molecule has 2 aliphatic rings. The zero-order valence-corrected chi connectivity index (χ0v) is 17.7. The number of amides is 1. The predicted octanol–water partition coefficient (Wildman–Crippen LogP) is 3.55. The van der Waals surface area contributed by atoms with E-state index in [1.165, 1.54) is 0 Å². The summed E-state index contributed by atoms with van der Waals surface area (Å²) >= 11 is 6.33. The van der Waals surface area contributed by atoms with Crippen molar-refractivity contribution in [3.05, 3.63) is 59.2 Å². The number of likely N-dealkylation sites (tertiary alicyclic amines) is 1. The summed E-state index contributed by atoms with van der Waals surface area (Å²) in [5, 5.41) is 16.4. The summed E-state index contributed by atoms with van der Waals surface area (Å²) in [6, 6.07) is 12.3. The van der Waals surface area contributed by atoms with Crippen LogP contribution in [0.3, 0.4) is 0 Å². The van der Waals surface area contributed by atoms with Crippen molar-refractivity contribution in [2.45, 2.75) is 12.5 Å². The zero-order valence-electron chi connectivity index (χ0n) is 16.9. The molecular formula is C22H20ClN5O4. The van der Waals surface area contributed by atoms with Crippen LogP contribution in [0.25, 0.3) is 0 Å². The molecule has 0 spiro atoms. The lowest BCUT2D eigenvalue weighted by Crippen LogP contribution is -2.29. The average molecular weight is 454 g/mol. The Morgan fingerprint density at radius 3 is 2.94 bits per heavy atom. The van der Waals surface area contributed by atoms with Crippen molar-refractivity contribution < 1.29 is 19.4 Å². The Labute approximate surface area is 189 Å². The van der Waals surface area contributed by atoms with Gasteiger partial charge in [0.05, 0.1) is 11.1 Å². The van der Waals surface area contributed by atoms with Crippen LogP contribution in [0, 0.1) is 0 Å². The molecule has 1 atom stereocenters. The molecule has 164 valence electrons. The molecule has 3 heterocycles. The summed E-state index contributed by atoms with van der Waals surface area (Å²) < 4.78 is 10.9. The van der Waals surface area contributed by atoms with Crippen molar-refractivity contribution in [1.29, 1.82) is 0 Å². The van der Waals surface area contributed by atoms with Crippen LogP contribution in [0.15, 0.2) is 48.7 Å². The van der Waals surface area contributed by atoms with Gasteiger partial charge in [-0.3, -0.25) is 4.79 Å². The molecule has 0 unspecified atom stereocenters. The normalized spacial score (nSPS) is 16.8. The van der Waals surface area contributed by atoms with Crippen molar-refractivity contribution in [2.24, 2.45) is 0 Å². The number of aliphatic hydroxyl groups is 1. The second kappa shape index (κ2) is 8.52. The third-order valence-electron chi connectivity index (χ3n) is 5.21. The average Bonchev–Trinajstić information content (AvgIpc) is 3.45. The summed E-state index contributed by atoms with van der Waals surface area (Å²) in [6.07, 6.45) is 1.75. The van der Waals surface area contributed by atoms with Gasteiger partial charge in [0.2, 0.25) is 12.7 Å². The molecule has 0 saturated carbocycles. The second-order valence-corrected chi connectivity index (χ2v) is 7.85. The first kappa shape index (κ1) is 20.3. The van der Waals surface area contributed by atoms with Gasteiger partial charge >= 0.3 is 0 Å². The monoisotopic (exact) mass is 453 g/mol. The standard InChI is InChI=1S/C22H20ClN5O4/c23-16-4-5-17-20(32-12-31-17)19(16)26-18-6-8-24-22(27-18)25-14-3-1-2-13(10-14)21(30)28-9-7-15(29)11-28/h1-6,8,10,15,29H,7,9,11-12H2,(H2,24,25,26,27)/t15-/m0/s1. The number of nitrogens with one attached hydrogen (secondary N) is 2. The summed E-state index contributed by atoms with van der Waals surface area (Å²) in [5.41, 5.74) is 1.76. The maximum Gasteiger partial charge on any atom is 0.254 e. The molecule has 1 fully saturated rings. The van der Waals surface area contributed by atoms with Crippen LogP contribution in [0.1, 0.15) is 16.8 Å². The number of rotatable bonds is 5. The minimum absolute atomic E-state index is 0.115. The molecule has 9 nitrogen and oxygen atoms in total. The SMILES string of the molecule is O=C(c1cccc(Nc2nccc(Nc3c(Cl)ccc4c3OCO4)n2)c1)N1CC[C@H](O)C1. The van der Waals surface area contributed by atoms with Gasteiger partial charge in [-0.25, -0.2) is 4.98 Å². The third kappa shape index (κ3) is 4.12. The zero-order chi connectivity index (χ0) is 22.1. The fraction of sp³-hybridized carbons (Fsp3) is 0.227. The lowest BCUT2D eigenvalue weighted by Gasteiger charge is -2.16. The quantitative estimate of drug-likeness (QED) is 0.538. The van der Waals surface area contributed by atoms with Gasteiger partial charge in [0.15, 0.2) is 11.5 Å². The molecule has 0 bridgehead atoms. The minimum atomic E-state index is -0.458. The number of halogens is 1. The maximum atomic E-state index is 12.7.